The fourth-order valence-electron chi connectivity index (χ4n) is 2.53. The second-order valence-electron chi connectivity index (χ2n) is 4.62. The van der Waals surface area contributed by atoms with Crippen LogP contribution in [0.2, 0.25) is 0 Å². The summed E-state index contributed by atoms with van der Waals surface area (Å²) in [6.07, 6.45) is 0.243. The third kappa shape index (κ3) is 1.39. The van der Waals surface area contributed by atoms with Gasteiger partial charge in [0, 0.05) is 6.42 Å². The van der Waals surface area contributed by atoms with E-state index in [1.54, 1.807) is 6.07 Å². The molecule has 2 aromatic carbocycles. The average Bonchev–Trinajstić information content (AvgIpc) is 2.93. The molecule has 0 aliphatic heterocycles. The Kier molecular flexibility index (Phi) is 2.38. The molecule has 92 valence electrons. The first kappa shape index (κ1) is 11.8. The number of carboxylic acids is 1. The van der Waals surface area contributed by atoms with Gasteiger partial charge in [0.05, 0.1) is 0 Å². The number of benzene rings is 2. The summed E-state index contributed by atoms with van der Waals surface area (Å²) in [4.78, 5) is 11.6. The Morgan fingerprint density at radius 1 is 1.11 bits per heavy atom. The number of hydrogen-bond donors (Lipinski definition) is 1. The van der Waals surface area contributed by atoms with Gasteiger partial charge < -0.3 is 5.11 Å². The molecule has 2 aromatic rings. The van der Waals surface area contributed by atoms with Crippen molar-refractivity contribution in [1.82, 2.24) is 0 Å². The minimum atomic E-state index is -1.22. The molecule has 0 amide bonds. The van der Waals surface area contributed by atoms with E-state index in [1.807, 2.05) is 36.4 Å². The molecule has 4 heteroatoms. The summed E-state index contributed by atoms with van der Waals surface area (Å²) in [5.41, 5.74) is -0.491. The monoisotopic (exact) mass is 280 g/mol. The summed E-state index contributed by atoms with van der Waals surface area (Å²) in [7, 11) is 0. The highest BCUT2D eigenvalue weighted by Crippen LogP contribution is 2.65. The van der Waals surface area contributed by atoms with Crippen LogP contribution >= 0.6 is 23.2 Å². The van der Waals surface area contributed by atoms with E-state index in [0.29, 0.717) is 5.56 Å². The maximum atomic E-state index is 11.6. The average molecular weight is 281 g/mol. The molecule has 1 unspecified atom stereocenters. The molecule has 1 atom stereocenters. The van der Waals surface area contributed by atoms with Gasteiger partial charge in [-0.1, -0.05) is 65.7 Å². The second-order valence-corrected chi connectivity index (χ2v) is 6.10. The van der Waals surface area contributed by atoms with Crippen LogP contribution in [0.5, 0.6) is 0 Å². The second kappa shape index (κ2) is 3.62. The van der Waals surface area contributed by atoms with Crippen molar-refractivity contribution in [1.29, 1.82) is 0 Å². The number of halogens is 2. The van der Waals surface area contributed by atoms with Crippen LogP contribution < -0.4 is 0 Å². The van der Waals surface area contributed by atoms with Crippen LogP contribution in [0.1, 0.15) is 12.0 Å². The van der Waals surface area contributed by atoms with Crippen molar-refractivity contribution in [2.24, 2.45) is 0 Å². The molecule has 18 heavy (non-hydrogen) atoms. The molecule has 0 bridgehead atoms. The van der Waals surface area contributed by atoms with Gasteiger partial charge >= 0.3 is 5.97 Å². The van der Waals surface area contributed by atoms with Gasteiger partial charge in [0.1, 0.15) is 9.75 Å². The van der Waals surface area contributed by atoms with Crippen molar-refractivity contribution in [2.75, 3.05) is 0 Å². The minimum absolute atomic E-state index is 0.243. The molecule has 1 fully saturated rings. The summed E-state index contributed by atoms with van der Waals surface area (Å²) in [5.74, 6) is -0.969. The van der Waals surface area contributed by atoms with Gasteiger partial charge in [-0.05, 0) is 16.3 Å². The number of fused-ring (bicyclic) bond motifs is 1. The van der Waals surface area contributed by atoms with Crippen LogP contribution in [-0.4, -0.2) is 15.4 Å². The maximum Gasteiger partial charge on any atom is 0.317 e. The van der Waals surface area contributed by atoms with Crippen LogP contribution in [0.4, 0.5) is 0 Å². The van der Waals surface area contributed by atoms with Crippen LogP contribution in [0.15, 0.2) is 42.5 Å². The molecule has 2 nitrogen and oxygen atoms in total. The van der Waals surface area contributed by atoms with Crippen LogP contribution in [0.3, 0.4) is 0 Å². The van der Waals surface area contributed by atoms with E-state index < -0.39 is 15.7 Å². The predicted molar refractivity (Wildman–Crippen MR) is 72.3 cm³/mol. The Balaban J connectivity index is 2.30. The third-order valence-electron chi connectivity index (χ3n) is 3.60. The van der Waals surface area contributed by atoms with Gasteiger partial charge in [-0.15, -0.1) is 0 Å². The van der Waals surface area contributed by atoms with E-state index in [4.69, 9.17) is 23.2 Å². The number of rotatable bonds is 2. The van der Waals surface area contributed by atoms with Crippen molar-refractivity contribution < 1.29 is 9.90 Å². The highest BCUT2D eigenvalue weighted by molar-refractivity contribution is 6.54. The lowest BCUT2D eigenvalue weighted by molar-refractivity contribution is -0.140. The molecular formula is C14H10Cl2O2. The lowest BCUT2D eigenvalue weighted by Gasteiger charge is -2.16. The SMILES string of the molecule is O=C(O)C1(c2cccc3ccccc23)CC1(Cl)Cl. The van der Waals surface area contributed by atoms with Gasteiger partial charge in [0.15, 0.2) is 0 Å². The number of alkyl halides is 2. The standard InChI is InChI=1S/C14H10Cl2O2/c15-14(16)8-13(14,12(17)18)11-7-3-5-9-4-1-2-6-10(9)11/h1-7H,8H2,(H,17,18). The number of aliphatic carboxylic acids is 1. The number of hydrogen-bond acceptors (Lipinski definition) is 1. The molecule has 1 aliphatic rings. The summed E-state index contributed by atoms with van der Waals surface area (Å²) in [5, 5.41) is 11.4. The van der Waals surface area contributed by atoms with Crippen molar-refractivity contribution in [3.8, 4) is 0 Å². The molecule has 3 rings (SSSR count). The third-order valence-corrected chi connectivity index (χ3v) is 4.51. The van der Waals surface area contributed by atoms with Crippen molar-refractivity contribution in [3.63, 3.8) is 0 Å². The fraction of sp³-hybridized carbons (Fsp3) is 0.214. The smallest absolute Gasteiger partial charge is 0.317 e. The maximum absolute atomic E-state index is 11.6. The fourth-order valence-corrected chi connectivity index (χ4v) is 3.29. The summed E-state index contributed by atoms with van der Waals surface area (Å²) in [6.45, 7) is 0. The molecule has 1 saturated carbocycles. The minimum Gasteiger partial charge on any atom is -0.480 e. The lowest BCUT2D eigenvalue weighted by atomic mass is 9.91. The van der Waals surface area contributed by atoms with E-state index in [-0.39, 0.29) is 6.42 Å². The Bertz CT molecular complexity index is 646. The highest BCUT2D eigenvalue weighted by atomic mass is 35.5. The Morgan fingerprint density at radius 3 is 2.33 bits per heavy atom. The van der Waals surface area contributed by atoms with Crippen LogP contribution in [-0.2, 0) is 10.2 Å². The van der Waals surface area contributed by atoms with Crippen molar-refractivity contribution in [3.05, 3.63) is 48.0 Å². The summed E-state index contributed by atoms with van der Waals surface area (Å²) >= 11 is 12.2. The molecule has 1 aliphatic carbocycles. The molecule has 0 saturated heterocycles. The lowest BCUT2D eigenvalue weighted by Crippen LogP contribution is -2.26. The predicted octanol–water partition coefficient (Wildman–Crippen LogP) is 3.74. The zero-order chi connectivity index (χ0) is 13.0. The molecule has 0 radical (unpaired) electrons. The van der Waals surface area contributed by atoms with E-state index in [0.717, 1.165) is 10.8 Å². The normalized spacial score (nSPS) is 25.0. The highest BCUT2D eigenvalue weighted by Gasteiger charge is 2.73. The molecule has 1 N–H and O–H groups in total. The molecular weight excluding hydrogens is 271 g/mol. The van der Waals surface area contributed by atoms with Crippen molar-refractivity contribution in [2.45, 2.75) is 16.2 Å². The number of carboxylic acid groups (broad SMARTS) is 1. The van der Waals surface area contributed by atoms with E-state index in [9.17, 15) is 9.90 Å². The Morgan fingerprint density at radius 2 is 1.72 bits per heavy atom. The Labute approximate surface area is 114 Å². The first-order valence-corrected chi connectivity index (χ1v) is 6.34. The Hall–Kier alpha value is -1.25. The topological polar surface area (TPSA) is 37.3 Å². The van der Waals surface area contributed by atoms with Gasteiger partial charge in [0.25, 0.3) is 0 Å². The quantitative estimate of drug-likeness (QED) is 0.851. The van der Waals surface area contributed by atoms with Crippen molar-refractivity contribution >= 4 is 39.9 Å². The van der Waals surface area contributed by atoms with Crippen LogP contribution in [0.25, 0.3) is 10.8 Å². The zero-order valence-corrected chi connectivity index (χ0v) is 10.9. The van der Waals surface area contributed by atoms with Gasteiger partial charge in [-0.25, -0.2) is 0 Å². The first-order chi connectivity index (χ1) is 8.49. The molecule has 0 aromatic heterocycles. The zero-order valence-electron chi connectivity index (χ0n) is 9.36. The van der Waals surface area contributed by atoms with E-state index >= 15 is 0 Å². The molecule has 0 heterocycles. The van der Waals surface area contributed by atoms with Crippen LogP contribution in [0, 0.1) is 0 Å². The van der Waals surface area contributed by atoms with E-state index in [1.165, 1.54) is 0 Å². The number of carbonyl (C=O) groups is 1. The first-order valence-electron chi connectivity index (χ1n) is 5.58. The summed E-state index contributed by atoms with van der Waals surface area (Å²) < 4.78 is -1.22. The largest absolute Gasteiger partial charge is 0.480 e. The van der Waals surface area contributed by atoms with Gasteiger partial charge in [0.2, 0.25) is 0 Å². The van der Waals surface area contributed by atoms with E-state index in [2.05, 4.69) is 0 Å². The van der Waals surface area contributed by atoms with Gasteiger partial charge in [-0.2, -0.15) is 0 Å². The summed E-state index contributed by atoms with van der Waals surface area (Å²) in [6, 6.07) is 13.2. The van der Waals surface area contributed by atoms with Gasteiger partial charge in [-0.3, -0.25) is 4.79 Å². The molecule has 0 spiro atoms.